The van der Waals surface area contributed by atoms with Gasteiger partial charge in [-0.25, -0.2) is 5.43 Å². The summed E-state index contributed by atoms with van der Waals surface area (Å²) in [7, 11) is 0. The molecule has 0 aliphatic heterocycles. The zero-order valence-electron chi connectivity index (χ0n) is 9.52. The number of unbranched alkanes of at least 4 members (excludes halogenated alkanes) is 2. The molecule has 0 unspecified atom stereocenters. The molecule has 1 aromatic heterocycles. The summed E-state index contributed by atoms with van der Waals surface area (Å²) in [6.07, 6.45) is 6.87. The lowest BCUT2D eigenvalue weighted by molar-refractivity contribution is -0.121. The molecular weight excluding hydrogens is 202 g/mol. The van der Waals surface area contributed by atoms with Crippen molar-refractivity contribution in [1.29, 1.82) is 0 Å². The van der Waals surface area contributed by atoms with Crippen LogP contribution in [-0.2, 0) is 4.79 Å². The Labute approximate surface area is 95.8 Å². The number of hydrogen-bond donors (Lipinski definition) is 1. The molecule has 0 radical (unpaired) electrons. The van der Waals surface area contributed by atoms with Crippen LogP contribution >= 0.6 is 0 Å². The topological polar surface area (TPSA) is 54.4 Å². The number of nitrogens with one attached hydrogen (secondary N) is 1. The summed E-state index contributed by atoms with van der Waals surface area (Å²) < 4.78 is 0. The first-order chi connectivity index (χ1) is 7.83. The van der Waals surface area contributed by atoms with Gasteiger partial charge in [0.05, 0.1) is 11.9 Å². The maximum Gasteiger partial charge on any atom is 0.240 e. The zero-order chi connectivity index (χ0) is 11.6. The Kier molecular flexibility index (Phi) is 5.84. The van der Waals surface area contributed by atoms with Crippen molar-refractivity contribution in [2.45, 2.75) is 32.6 Å². The first-order valence-electron chi connectivity index (χ1n) is 5.56. The third-order valence-electron chi connectivity index (χ3n) is 2.08. The van der Waals surface area contributed by atoms with E-state index in [2.05, 4.69) is 22.4 Å². The van der Waals surface area contributed by atoms with Crippen LogP contribution in [-0.4, -0.2) is 17.1 Å². The van der Waals surface area contributed by atoms with Crippen LogP contribution in [0.1, 0.15) is 38.3 Å². The maximum absolute atomic E-state index is 11.3. The Bertz CT molecular complexity index is 335. The lowest BCUT2D eigenvalue weighted by Crippen LogP contribution is -2.16. The van der Waals surface area contributed by atoms with Crippen LogP contribution in [0.4, 0.5) is 0 Å². The minimum absolute atomic E-state index is 0.0411. The van der Waals surface area contributed by atoms with Crippen molar-refractivity contribution >= 4 is 12.1 Å². The molecule has 0 aliphatic rings. The van der Waals surface area contributed by atoms with Gasteiger partial charge in [0, 0.05) is 12.6 Å². The first-order valence-corrected chi connectivity index (χ1v) is 5.56. The van der Waals surface area contributed by atoms with E-state index in [0.717, 1.165) is 25.0 Å². The van der Waals surface area contributed by atoms with Gasteiger partial charge in [0.25, 0.3) is 0 Å². The molecule has 0 bridgehead atoms. The Hall–Kier alpha value is -1.71. The smallest absolute Gasteiger partial charge is 0.240 e. The SMILES string of the molecule is CCCCCC(=O)N/N=C/c1ccccn1. The Morgan fingerprint density at radius 1 is 1.50 bits per heavy atom. The van der Waals surface area contributed by atoms with E-state index < -0.39 is 0 Å². The molecule has 0 atom stereocenters. The predicted octanol–water partition coefficient (Wildman–Crippen LogP) is 2.11. The van der Waals surface area contributed by atoms with E-state index in [-0.39, 0.29) is 5.91 Å². The van der Waals surface area contributed by atoms with E-state index in [1.807, 2.05) is 18.2 Å². The van der Waals surface area contributed by atoms with E-state index in [1.54, 1.807) is 6.20 Å². The number of aromatic nitrogens is 1. The van der Waals surface area contributed by atoms with E-state index in [0.29, 0.717) is 6.42 Å². The Morgan fingerprint density at radius 2 is 2.38 bits per heavy atom. The number of rotatable bonds is 6. The van der Waals surface area contributed by atoms with Gasteiger partial charge in [0.2, 0.25) is 5.91 Å². The molecule has 0 fully saturated rings. The van der Waals surface area contributed by atoms with Crippen molar-refractivity contribution in [3.8, 4) is 0 Å². The van der Waals surface area contributed by atoms with Crippen molar-refractivity contribution in [3.05, 3.63) is 30.1 Å². The summed E-state index contributed by atoms with van der Waals surface area (Å²) in [5, 5.41) is 3.83. The highest BCUT2D eigenvalue weighted by Crippen LogP contribution is 1.98. The predicted molar refractivity (Wildman–Crippen MR) is 64.1 cm³/mol. The fraction of sp³-hybridized carbons (Fsp3) is 0.417. The van der Waals surface area contributed by atoms with Gasteiger partial charge in [0.15, 0.2) is 0 Å². The van der Waals surface area contributed by atoms with E-state index in [9.17, 15) is 4.79 Å². The van der Waals surface area contributed by atoms with Gasteiger partial charge < -0.3 is 0 Å². The van der Waals surface area contributed by atoms with Crippen LogP contribution in [0.3, 0.4) is 0 Å². The molecule has 1 N–H and O–H groups in total. The molecule has 1 aromatic rings. The van der Waals surface area contributed by atoms with Crippen molar-refractivity contribution in [2.75, 3.05) is 0 Å². The molecule has 4 nitrogen and oxygen atoms in total. The fourth-order valence-electron chi connectivity index (χ4n) is 1.21. The quantitative estimate of drug-likeness (QED) is 0.452. The van der Waals surface area contributed by atoms with Crippen LogP contribution < -0.4 is 5.43 Å². The van der Waals surface area contributed by atoms with E-state index in [1.165, 1.54) is 6.21 Å². The maximum atomic E-state index is 11.3. The third kappa shape index (κ3) is 5.24. The highest BCUT2D eigenvalue weighted by Gasteiger charge is 1.97. The minimum atomic E-state index is -0.0411. The summed E-state index contributed by atoms with van der Waals surface area (Å²) in [5.41, 5.74) is 3.21. The van der Waals surface area contributed by atoms with Crippen molar-refractivity contribution in [3.63, 3.8) is 0 Å². The van der Waals surface area contributed by atoms with Crippen LogP contribution in [0.2, 0.25) is 0 Å². The second-order valence-electron chi connectivity index (χ2n) is 3.50. The van der Waals surface area contributed by atoms with Gasteiger partial charge in [-0.15, -0.1) is 0 Å². The van der Waals surface area contributed by atoms with Gasteiger partial charge in [-0.3, -0.25) is 9.78 Å². The van der Waals surface area contributed by atoms with Gasteiger partial charge in [-0.05, 0) is 18.6 Å². The van der Waals surface area contributed by atoms with Crippen molar-refractivity contribution < 1.29 is 4.79 Å². The van der Waals surface area contributed by atoms with Crippen LogP contribution in [0.5, 0.6) is 0 Å². The lowest BCUT2D eigenvalue weighted by Gasteiger charge is -1.98. The molecule has 0 spiro atoms. The number of carbonyl (C=O) groups excluding carboxylic acids is 1. The summed E-state index contributed by atoms with van der Waals surface area (Å²) in [6, 6.07) is 5.53. The van der Waals surface area contributed by atoms with Gasteiger partial charge in [-0.2, -0.15) is 5.10 Å². The highest BCUT2D eigenvalue weighted by molar-refractivity contribution is 5.80. The van der Waals surface area contributed by atoms with Crippen molar-refractivity contribution in [1.82, 2.24) is 10.4 Å². The first kappa shape index (κ1) is 12.4. The van der Waals surface area contributed by atoms with Crippen LogP contribution in [0.15, 0.2) is 29.5 Å². The average molecular weight is 219 g/mol. The van der Waals surface area contributed by atoms with Crippen molar-refractivity contribution in [2.24, 2.45) is 5.10 Å². The summed E-state index contributed by atoms with van der Waals surface area (Å²) in [6.45, 7) is 2.11. The largest absolute Gasteiger partial charge is 0.273 e. The molecule has 0 saturated carbocycles. The number of pyridine rings is 1. The number of hydrogen-bond acceptors (Lipinski definition) is 3. The molecule has 86 valence electrons. The Morgan fingerprint density at radius 3 is 3.06 bits per heavy atom. The number of hydrazone groups is 1. The van der Waals surface area contributed by atoms with Gasteiger partial charge >= 0.3 is 0 Å². The Balaban J connectivity index is 2.24. The minimum Gasteiger partial charge on any atom is -0.273 e. The zero-order valence-corrected chi connectivity index (χ0v) is 9.52. The molecule has 1 heterocycles. The number of amides is 1. The second kappa shape index (κ2) is 7.56. The molecule has 0 aliphatic carbocycles. The fourth-order valence-corrected chi connectivity index (χ4v) is 1.21. The van der Waals surface area contributed by atoms with Crippen LogP contribution in [0.25, 0.3) is 0 Å². The summed E-state index contributed by atoms with van der Waals surface area (Å²) >= 11 is 0. The molecule has 0 saturated heterocycles. The lowest BCUT2D eigenvalue weighted by atomic mass is 10.2. The molecule has 0 aromatic carbocycles. The van der Waals surface area contributed by atoms with Gasteiger partial charge in [-0.1, -0.05) is 25.8 Å². The standard InChI is InChI=1S/C12H17N3O/c1-2-3-4-8-12(16)15-14-10-11-7-5-6-9-13-11/h5-7,9-10H,2-4,8H2,1H3,(H,15,16)/b14-10+. The van der Waals surface area contributed by atoms with E-state index >= 15 is 0 Å². The molecule has 16 heavy (non-hydrogen) atoms. The molecule has 1 amide bonds. The van der Waals surface area contributed by atoms with Gasteiger partial charge in [0.1, 0.15) is 0 Å². The van der Waals surface area contributed by atoms with E-state index in [4.69, 9.17) is 0 Å². The highest BCUT2D eigenvalue weighted by atomic mass is 16.2. The van der Waals surface area contributed by atoms with Crippen LogP contribution in [0, 0.1) is 0 Å². The summed E-state index contributed by atoms with van der Waals surface area (Å²) in [5.74, 6) is -0.0411. The number of nitrogens with zero attached hydrogens (tertiary/aromatic N) is 2. The second-order valence-corrected chi connectivity index (χ2v) is 3.50. The monoisotopic (exact) mass is 219 g/mol. The molecule has 1 rings (SSSR count). The molecule has 4 heteroatoms. The molecular formula is C12H17N3O. The average Bonchev–Trinajstić information content (AvgIpc) is 2.31. The third-order valence-corrected chi connectivity index (χ3v) is 2.08. The summed E-state index contributed by atoms with van der Waals surface area (Å²) in [4.78, 5) is 15.3. The normalized spacial score (nSPS) is 10.6. The number of carbonyl (C=O) groups is 1.